The molecule has 0 amide bonds. The molecular formula is C10H21NO3S2. The molecule has 96 valence electrons. The molecule has 0 aliphatic heterocycles. The summed E-state index contributed by atoms with van der Waals surface area (Å²) in [6.45, 7) is 1.80. The normalized spacial score (nSPS) is 22.2. The molecule has 1 rings (SSSR count). The average Bonchev–Trinajstić information content (AvgIpc) is 2.71. The van der Waals surface area contributed by atoms with Gasteiger partial charge in [0.05, 0.1) is 11.9 Å². The van der Waals surface area contributed by atoms with Gasteiger partial charge in [-0.05, 0) is 26.0 Å². The van der Waals surface area contributed by atoms with Crippen molar-refractivity contribution in [3.8, 4) is 0 Å². The smallest absolute Gasteiger partial charge is 0.214 e. The molecule has 1 aliphatic rings. The van der Waals surface area contributed by atoms with Crippen molar-refractivity contribution in [2.24, 2.45) is 0 Å². The Labute approximate surface area is 102 Å². The van der Waals surface area contributed by atoms with Crippen molar-refractivity contribution in [3.05, 3.63) is 0 Å². The maximum atomic E-state index is 12.0. The van der Waals surface area contributed by atoms with E-state index in [1.54, 1.807) is 0 Å². The molecule has 2 unspecified atom stereocenters. The van der Waals surface area contributed by atoms with E-state index in [0.29, 0.717) is 0 Å². The third-order valence-corrected chi connectivity index (χ3v) is 6.34. The number of aliphatic hydroxyl groups is 1. The van der Waals surface area contributed by atoms with Crippen LogP contribution in [0.4, 0.5) is 0 Å². The fourth-order valence-electron chi connectivity index (χ4n) is 2.07. The molecule has 6 heteroatoms. The molecule has 0 aromatic rings. The van der Waals surface area contributed by atoms with Gasteiger partial charge in [-0.2, -0.15) is 11.8 Å². The Morgan fingerprint density at radius 2 is 2.00 bits per heavy atom. The Morgan fingerprint density at radius 3 is 2.44 bits per heavy atom. The van der Waals surface area contributed by atoms with E-state index in [9.17, 15) is 8.42 Å². The second kappa shape index (κ2) is 6.23. The first-order valence-corrected chi connectivity index (χ1v) is 8.49. The Kier molecular flexibility index (Phi) is 5.56. The van der Waals surface area contributed by atoms with Gasteiger partial charge < -0.3 is 5.11 Å². The zero-order valence-corrected chi connectivity index (χ0v) is 11.5. The summed E-state index contributed by atoms with van der Waals surface area (Å²) in [5, 5.41) is 8.80. The van der Waals surface area contributed by atoms with Gasteiger partial charge in [0.1, 0.15) is 0 Å². The fourth-order valence-corrected chi connectivity index (χ4v) is 4.61. The number of thioether (sulfide) groups is 1. The van der Waals surface area contributed by atoms with Crippen LogP contribution in [0.25, 0.3) is 0 Å². The quantitative estimate of drug-likeness (QED) is 0.752. The van der Waals surface area contributed by atoms with Gasteiger partial charge in [0.2, 0.25) is 10.0 Å². The molecule has 0 radical (unpaired) electrons. The molecule has 0 heterocycles. The van der Waals surface area contributed by atoms with Gasteiger partial charge in [0, 0.05) is 11.3 Å². The number of rotatable bonds is 6. The minimum atomic E-state index is -3.20. The van der Waals surface area contributed by atoms with Gasteiger partial charge in [-0.1, -0.05) is 12.8 Å². The molecule has 0 spiro atoms. The number of nitrogens with one attached hydrogen (secondary N) is 1. The highest BCUT2D eigenvalue weighted by molar-refractivity contribution is 7.99. The van der Waals surface area contributed by atoms with Crippen LogP contribution in [0.1, 0.15) is 32.6 Å². The zero-order chi connectivity index (χ0) is 12.2. The summed E-state index contributed by atoms with van der Waals surface area (Å²) in [5.41, 5.74) is 0. The predicted molar refractivity (Wildman–Crippen MR) is 68.2 cm³/mol. The Balaban J connectivity index is 2.57. The molecule has 2 N–H and O–H groups in total. The van der Waals surface area contributed by atoms with Gasteiger partial charge in [-0.3, -0.25) is 0 Å². The monoisotopic (exact) mass is 267 g/mol. The highest BCUT2D eigenvalue weighted by Crippen LogP contribution is 2.24. The predicted octanol–water partition coefficient (Wildman–Crippen LogP) is 0.961. The summed E-state index contributed by atoms with van der Waals surface area (Å²) in [5.74, 6) is 0. The van der Waals surface area contributed by atoms with Crippen LogP contribution in [0.3, 0.4) is 0 Å². The first-order chi connectivity index (χ1) is 7.51. The van der Waals surface area contributed by atoms with Crippen LogP contribution in [0.2, 0.25) is 0 Å². The van der Waals surface area contributed by atoms with Crippen molar-refractivity contribution in [1.29, 1.82) is 0 Å². The summed E-state index contributed by atoms with van der Waals surface area (Å²) in [6, 6.07) is -0.217. The lowest BCUT2D eigenvalue weighted by atomic mass is 10.3. The van der Waals surface area contributed by atoms with Gasteiger partial charge in [0.25, 0.3) is 0 Å². The van der Waals surface area contributed by atoms with Crippen LogP contribution in [0, 0.1) is 0 Å². The lowest BCUT2D eigenvalue weighted by Crippen LogP contribution is -2.44. The van der Waals surface area contributed by atoms with E-state index in [1.807, 2.05) is 13.2 Å². The molecule has 0 aromatic carbocycles. The number of aliphatic hydroxyl groups excluding tert-OH is 1. The van der Waals surface area contributed by atoms with Crippen LogP contribution in [-0.4, -0.2) is 42.9 Å². The summed E-state index contributed by atoms with van der Waals surface area (Å²) in [4.78, 5) is 0. The lowest BCUT2D eigenvalue weighted by molar-refractivity contribution is 0.282. The van der Waals surface area contributed by atoms with Crippen molar-refractivity contribution < 1.29 is 13.5 Å². The Morgan fingerprint density at radius 1 is 1.44 bits per heavy atom. The minimum Gasteiger partial charge on any atom is -0.395 e. The molecule has 4 nitrogen and oxygen atoms in total. The molecule has 16 heavy (non-hydrogen) atoms. The van der Waals surface area contributed by atoms with Crippen molar-refractivity contribution in [3.63, 3.8) is 0 Å². The van der Waals surface area contributed by atoms with E-state index in [2.05, 4.69) is 4.72 Å². The van der Waals surface area contributed by atoms with E-state index >= 15 is 0 Å². The largest absolute Gasteiger partial charge is 0.395 e. The lowest BCUT2D eigenvalue weighted by Gasteiger charge is -2.23. The first-order valence-electron chi connectivity index (χ1n) is 5.66. The molecule has 1 fully saturated rings. The van der Waals surface area contributed by atoms with E-state index in [0.717, 1.165) is 25.7 Å². The fraction of sp³-hybridized carbons (Fsp3) is 1.00. The van der Waals surface area contributed by atoms with Crippen molar-refractivity contribution in [2.45, 2.75) is 49.1 Å². The Bertz CT molecular complexity index is 295. The molecule has 0 bridgehead atoms. The van der Waals surface area contributed by atoms with Crippen LogP contribution >= 0.6 is 11.8 Å². The standard InChI is InChI=1S/C10H21NO3S2/c1-8(10(7-12)15-2)11-16(13,14)9-5-3-4-6-9/h8-12H,3-7H2,1-2H3. The maximum Gasteiger partial charge on any atom is 0.214 e. The number of hydrogen-bond acceptors (Lipinski definition) is 4. The van der Waals surface area contributed by atoms with Gasteiger partial charge >= 0.3 is 0 Å². The van der Waals surface area contributed by atoms with Gasteiger partial charge in [-0.25, -0.2) is 13.1 Å². The highest BCUT2D eigenvalue weighted by atomic mass is 32.2. The third-order valence-electron chi connectivity index (χ3n) is 3.13. The molecule has 0 aromatic heterocycles. The van der Waals surface area contributed by atoms with Crippen LogP contribution in [0.15, 0.2) is 0 Å². The van der Waals surface area contributed by atoms with E-state index in [-0.39, 0.29) is 23.1 Å². The number of hydrogen-bond donors (Lipinski definition) is 2. The SMILES string of the molecule is CSC(CO)C(C)NS(=O)(=O)C1CCCC1. The van der Waals surface area contributed by atoms with E-state index in [1.165, 1.54) is 11.8 Å². The highest BCUT2D eigenvalue weighted by Gasteiger charge is 2.31. The van der Waals surface area contributed by atoms with Gasteiger partial charge in [-0.15, -0.1) is 0 Å². The van der Waals surface area contributed by atoms with E-state index in [4.69, 9.17) is 5.11 Å². The second-order valence-electron chi connectivity index (χ2n) is 4.31. The van der Waals surface area contributed by atoms with Crippen LogP contribution < -0.4 is 4.72 Å². The number of sulfonamides is 1. The third kappa shape index (κ3) is 3.61. The first kappa shape index (κ1) is 14.3. The van der Waals surface area contributed by atoms with Crippen molar-refractivity contribution in [1.82, 2.24) is 4.72 Å². The average molecular weight is 267 g/mol. The summed E-state index contributed by atoms with van der Waals surface area (Å²) in [7, 11) is -3.20. The molecule has 1 saturated carbocycles. The van der Waals surface area contributed by atoms with Crippen molar-refractivity contribution >= 4 is 21.8 Å². The van der Waals surface area contributed by atoms with Crippen LogP contribution in [-0.2, 0) is 10.0 Å². The van der Waals surface area contributed by atoms with Crippen LogP contribution in [0.5, 0.6) is 0 Å². The molecule has 1 aliphatic carbocycles. The van der Waals surface area contributed by atoms with Crippen molar-refractivity contribution in [2.75, 3.05) is 12.9 Å². The van der Waals surface area contributed by atoms with E-state index < -0.39 is 10.0 Å². The van der Waals surface area contributed by atoms with Gasteiger partial charge in [0.15, 0.2) is 0 Å². The molecule has 2 atom stereocenters. The Hall–Kier alpha value is 0.220. The summed E-state index contributed by atoms with van der Waals surface area (Å²) in [6.07, 6.45) is 5.43. The second-order valence-corrected chi connectivity index (χ2v) is 7.38. The topological polar surface area (TPSA) is 66.4 Å². The maximum absolute atomic E-state index is 12.0. The zero-order valence-electron chi connectivity index (χ0n) is 9.85. The minimum absolute atomic E-state index is 0.00444. The molecular weight excluding hydrogens is 246 g/mol. The molecule has 0 saturated heterocycles. The summed E-state index contributed by atoms with van der Waals surface area (Å²) < 4.78 is 26.6. The summed E-state index contributed by atoms with van der Waals surface area (Å²) >= 11 is 1.48.